The summed E-state index contributed by atoms with van der Waals surface area (Å²) in [6.07, 6.45) is 4.31. The summed E-state index contributed by atoms with van der Waals surface area (Å²) < 4.78 is 5.75. The van der Waals surface area contributed by atoms with E-state index in [1.807, 2.05) is 6.92 Å². The van der Waals surface area contributed by atoms with Gasteiger partial charge in [0.05, 0.1) is 18.4 Å². The lowest BCUT2D eigenvalue weighted by Gasteiger charge is -2.32. The number of aliphatic hydroxyl groups excluding tert-OH is 1. The van der Waals surface area contributed by atoms with Gasteiger partial charge in [-0.25, -0.2) is 0 Å². The minimum Gasteiger partial charge on any atom is -0.464 e. The van der Waals surface area contributed by atoms with Crippen molar-refractivity contribution < 1.29 is 9.52 Å². The second-order valence-electron chi connectivity index (χ2n) is 6.02. The molecule has 1 aliphatic rings. The SMILES string of the molecule is CSCc1ccc(CNCC2CCN(C[C@@H](C)O)CC2)o1. The summed E-state index contributed by atoms with van der Waals surface area (Å²) >= 11 is 1.78. The lowest BCUT2D eigenvalue weighted by atomic mass is 9.96. The fraction of sp³-hybridized carbons (Fsp3) is 0.750. The molecular formula is C16H28N2O2S. The lowest BCUT2D eigenvalue weighted by molar-refractivity contribution is 0.0997. The molecule has 5 heteroatoms. The average molecular weight is 312 g/mol. The Morgan fingerprint density at radius 2 is 2.10 bits per heavy atom. The number of aliphatic hydroxyl groups is 1. The predicted molar refractivity (Wildman–Crippen MR) is 88.5 cm³/mol. The van der Waals surface area contributed by atoms with E-state index in [0.717, 1.165) is 55.9 Å². The minimum atomic E-state index is -0.214. The van der Waals surface area contributed by atoms with Crippen molar-refractivity contribution in [3.63, 3.8) is 0 Å². The first-order chi connectivity index (χ1) is 10.2. The van der Waals surface area contributed by atoms with Gasteiger partial charge in [0.25, 0.3) is 0 Å². The molecule has 0 bridgehead atoms. The molecule has 21 heavy (non-hydrogen) atoms. The Balaban J connectivity index is 1.61. The summed E-state index contributed by atoms with van der Waals surface area (Å²) in [5.41, 5.74) is 0. The fourth-order valence-electron chi connectivity index (χ4n) is 2.88. The molecule has 1 atom stereocenters. The summed E-state index contributed by atoms with van der Waals surface area (Å²) in [6.45, 7) is 6.77. The van der Waals surface area contributed by atoms with Gasteiger partial charge in [-0.05, 0) is 63.7 Å². The van der Waals surface area contributed by atoms with E-state index in [1.165, 1.54) is 12.8 Å². The highest BCUT2D eigenvalue weighted by Crippen LogP contribution is 2.17. The molecule has 0 spiro atoms. The first kappa shape index (κ1) is 16.9. The van der Waals surface area contributed by atoms with E-state index in [1.54, 1.807) is 11.8 Å². The van der Waals surface area contributed by atoms with Crippen LogP contribution < -0.4 is 5.32 Å². The average Bonchev–Trinajstić information content (AvgIpc) is 2.88. The van der Waals surface area contributed by atoms with Gasteiger partial charge < -0.3 is 19.7 Å². The predicted octanol–water partition coefficient (Wildman–Crippen LogP) is 2.33. The monoisotopic (exact) mass is 312 g/mol. The highest BCUT2D eigenvalue weighted by molar-refractivity contribution is 7.97. The van der Waals surface area contributed by atoms with Gasteiger partial charge in [-0.3, -0.25) is 0 Å². The quantitative estimate of drug-likeness (QED) is 0.771. The molecule has 0 amide bonds. The molecule has 4 nitrogen and oxygen atoms in total. The maximum Gasteiger partial charge on any atom is 0.117 e. The van der Waals surface area contributed by atoms with E-state index < -0.39 is 0 Å². The number of hydrogen-bond acceptors (Lipinski definition) is 5. The molecule has 1 saturated heterocycles. The largest absolute Gasteiger partial charge is 0.464 e. The summed E-state index contributed by atoms with van der Waals surface area (Å²) in [6, 6.07) is 4.14. The highest BCUT2D eigenvalue weighted by Gasteiger charge is 2.19. The Labute approximate surface area is 132 Å². The number of furan rings is 1. The van der Waals surface area contributed by atoms with Crippen LogP contribution in [0, 0.1) is 5.92 Å². The van der Waals surface area contributed by atoms with Crippen LogP contribution in [0.15, 0.2) is 16.5 Å². The third-order valence-corrected chi connectivity index (χ3v) is 4.54. The van der Waals surface area contributed by atoms with Crippen LogP contribution >= 0.6 is 11.8 Å². The van der Waals surface area contributed by atoms with Crippen LogP contribution in [0.1, 0.15) is 31.3 Å². The molecule has 2 heterocycles. The van der Waals surface area contributed by atoms with E-state index in [9.17, 15) is 5.11 Å². The molecule has 1 fully saturated rings. The Kier molecular flexibility index (Phi) is 7.10. The molecule has 0 saturated carbocycles. The van der Waals surface area contributed by atoms with Crippen molar-refractivity contribution in [2.24, 2.45) is 5.92 Å². The van der Waals surface area contributed by atoms with Gasteiger partial charge in [-0.1, -0.05) is 0 Å². The lowest BCUT2D eigenvalue weighted by Crippen LogP contribution is -2.40. The fourth-order valence-corrected chi connectivity index (χ4v) is 3.32. The minimum absolute atomic E-state index is 0.214. The van der Waals surface area contributed by atoms with E-state index in [4.69, 9.17) is 4.42 Å². The molecule has 0 aromatic carbocycles. The van der Waals surface area contributed by atoms with Gasteiger partial charge in [0.2, 0.25) is 0 Å². The van der Waals surface area contributed by atoms with Gasteiger partial charge in [-0.2, -0.15) is 11.8 Å². The van der Waals surface area contributed by atoms with Crippen LogP contribution in [0.2, 0.25) is 0 Å². The van der Waals surface area contributed by atoms with Gasteiger partial charge in [-0.15, -0.1) is 0 Å². The van der Waals surface area contributed by atoms with Crippen molar-refractivity contribution in [3.8, 4) is 0 Å². The Bertz CT molecular complexity index is 401. The number of thioether (sulfide) groups is 1. The smallest absolute Gasteiger partial charge is 0.117 e. The Morgan fingerprint density at radius 1 is 1.38 bits per heavy atom. The Hall–Kier alpha value is -0.490. The van der Waals surface area contributed by atoms with Gasteiger partial charge in [0, 0.05) is 6.54 Å². The van der Waals surface area contributed by atoms with E-state index in [0.29, 0.717) is 0 Å². The molecule has 2 rings (SSSR count). The molecule has 2 N–H and O–H groups in total. The topological polar surface area (TPSA) is 48.6 Å². The number of nitrogens with one attached hydrogen (secondary N) is 1. The molecule has 0 radical (unpaired) electrons. The van der Waals surface area contributed by atoms with Crippen molar-refractivity contribution in [1.29, 1.82) is 0 Å². The second-order valence-corrected chi connectivity index (χ2v) is 6.89. The Morgan fingerprint density at radius 3 is 2.76 bits per heavy atom. The van der Waals surface area contributed by atoms with Crippen molar-refractivity contribution in [2.75, 3.05) is 32.4 Å². The number of piperidine rings is 1. The number of likely N-dealkylation sites (tertiary alicyclic amines) is 1. The van der Waals surface area contributed by atoms with Crippen molar-refractivity contribution in [1.82, 2.24) is 10.2 Å². The standard InChI is InChI=1S/C16H28N2O2S/c1-13(19)11-18-7-5-14(6-8-18)9-17-10-15-3-4-16(20-15)12-21-2/h3-4,13-14,17,19H,5-12H2,1-2H3/t13-/m1/s1. The van der Waals surface area contributed by atoms with E-state index in [2.05, 4.69) is 28.6 Å². The molecule has 120 valence electrons. The molecule has 0 unspecified atom stereocenters. The summed E-state index contributed by atoms with van der Waals surface area (Å²) in [7, 11) is 0. The third kappa shape index (κ3) is 6.02. The normalized spacial score (nSPS) is 19.0. The second kappa shape index (κ2) is 8.83. The first-order valence-corrected chi connectivity index (χ1v) is 9.24. The van der Waals surface area contributed by atoms with E-state index >= 15 is 0 Å². The van der Waals surface area contributed by atoms with Crippen LogP contribution in [0.3, 0.4) is 0 Å². The van der Waals surface area contributed by atoms with Crippen LogP contribution in [-0.2, 0) is 12.3 Å². The molecule has 1 aromatic heterocycles. The number of hydrogen-bond donors (Lipinski definition) is 2. The van der Waals surface area contributed by atoms with Crippen molar-refractivity contribution >= 4 is 11.8 Å². The molecular weight excluding hydrogens is 284 g/mol. The summed E-state index contributed by atoms with van der Waals surface area (Å²) in [4.78, 5) is 2.36. The van der Waals surface area contributed by atoms with E-state index in [-0.39, 0.29) is 6.10 Å². The summed E-state index contributed by atoms with van der Waals surface area (Å²) in [5.74, 6) is 3.79. The zero-order valence-corrected chi connectivity index (χ0v) is 14.0. The first-order valence-electron chi connectivity index (χ1n) is 7.85. The van der Waals surface area contributed by atoms with Crippen LogP contribution in [-0.4, -0.2) is 48.5 Å². The van der Waals surface area contributed by atoms with Crippen LogP contribution in [0.25, 0.3) is 0 Å². The maximum absolute atomic E-state index is 9.41. The number of β-amino-alcohol motifs (C(OH)–C–C–N with tert-alkyl or cyclic N) is 1. The molecule has 1 aliphatic heterocycles. The number of nitrogens with zero attached hydrogens (tertiary/aromatic N) is 1. The van der Waals surface area contributed by atoms with Gasteiger partial charge >= 0.3 is 0 Å². The highest BCUT2D eigenvalue weighted by atomic mass is 32.2. The van der Waals surface area contributed by atoms with Crippen LogP contribution in [0.5, 0.6) is 0 Å². The molecule has 0 aliphatic carbocycles. The van der Waals surface area contributed by atoms with Crippen molar-refractivity contribution in [3.05, 3.63) is 23.7 Å². The maximum atomic E-state index is 9.41. The van der Waals surface area contributed by atoms with Crippen LogP contribution in [0.4, 0.5) is 0 Å². The summed E-state index contributed by atoms with van der Waals surface area (Å²) in [5, 5.41) is 12.9. The zero-order valence-electron chi connectivity index (χ0n) is 13.2. The van der Waals surface area contributed by atoms with Gasteiger partial charge in [0.1, 0.15) is 11.5 Å². The zero-order chi connectivity index (χ0) is 15.1. The van der Waals surface area contributed by atoms with Gasteiger partial charge in [0.15, 0.2) is 0 Å². The number of rotatable bonds is 8. The molecule has 1 aromatic rings. The van der Waals surface area contributed by atoms with Crippen molar-refractivity contribution in [2.45, 2.75) is 38.2 Å². The third-order valence-electron chi connectivity index (χ3n) is 3.97.